The zero-order valence-corrected chi connectivity index (χ0v) is 12.1. The van der Waals surface area contributed by atoms with Crippen LogP contribution in [0.15, 0.2) is 24.5 Å². The molecule has 2 rings (SSSR count). The predicted molar refractivity (Wildman–Crippen MR) is 77.2 cm³/mol. The summed E-state index contributed by atoms with van der Waals surface area (Å²) in [6.45, 7) is 6.12. The van der Waals surface area contributed by atoms with Crippen LogP contribution in [-0.2, 0) is 9.53 Å². The van der Waals surface area contributed by atoms with Gasteiger partial charge in [-0.1, -0.05) is 6.92 Å². The molecule has 5 nitrogen and oxygen atoms in total. The van der Waals surface area contributed by atoms with Gasteiger partial charge < -0.3 is 15.4 Å². The van der Waals surface area contributed by atoms with Crippen molar-refractivity contribution in [3.05, 3.63) is 30.1 Å². The van der Waals surface area contributed by atoms with Gasteiger partial charge in [0.1, 0.15) is 0 Å². The van der Waals surface area contributed by atoms with Gasteiger partial charge in [-0.2, -0.15) is 0 Å². The van der Waals surface area contributed by atoms with E-state index in [1.54, 1.807) is 12.4 Å². The van der Waals surface area contributed by atoms with Crippen LogP contribution in [0.3, 0.4) is 0 Å². The summed E-state index contributed by atoms with van der Waals surface area (Å²) >= 11 is 0. The molecule has 0 radical (unpaired) electrons. The molecular weight excluding hydrogens is 254 g/mol. The second-order valence-corrected chi connectivity index (χ2v) is 5.22. The van der Waals surface area contributed by atoms with E-state index in [-0.39, 0.29) is 23.9 Å². The van der Waals surface area contributed by atoms with Crippen molar-refractivity contribution >= 4 is 5.91 Å². The number of aromatic nitrogens is 1. The number of nitrogens with one attached hydrogen (secondary N) is 2. The molecule has 1 aliphatic heterocycles. The van der Waals surface area contributed by atoms with Gasteiger partial charge in [0.15, 0.2) is 0 Å². The molecule has 2 heterocycles. The molecule has 2 N–H and O–H groups in total. The van der Waals surface area contributed by atoms with Gasteiger partial charge in [-0.25, -0.2) is 0 Å². The van der Waals surface area contributed by atoms with E-state index in [1.165, 1.54) is 0 Å². The fourth-order valence-corrected chi connectivity index (χ4v) is 2.40. The number of nitrogens with zero attached hydrogens (tertiary/aromatic N) is 1. The summed E-state index contributed by atoms with van der Waals surface area (Å²) in [6.07, 6.45) is 4.53. The molecule has 0 aliphatic carbocycles. The summed E-state index contributed by atoms with van der Waals surface area (Å²) < 4.78 is 5.44. The Bertz CT molecular complexity index is 424. The first-order valence-corrected chi connectivity index (χ1v) is 7.23. The fourth-order valence-electron chi connectivity index (χ4n) is 2.40. The van der Waals surface area contributed by atoms with Gasteiger partial charge in [0.2, 0.25) is 5.91 Å². The van der Waals surface area contributed by atoms with Crippen molar-refractivity contribution in [2.24, 2.45) is 5.92 Å². The van der Waals surface area contributed by atoms with Crippen molar-refractivity contribution in [2.75, 3.05) is 19.8 Å². The quantitative estimate of drug-likeness (QED) is 0.822. The zero-order valence-electron chi connectivity index (χ0n) is 12.1. The molecule has 3 atom stereocenters. The maximum atomic E-state index is 12.4. The van der Waals surface area contributed by atoms with E-state index in [4.69, 9.17) is 4.74 Å². The molecule has 1 aromatic rings. The molecule has 0 bridgehead atoms. The van der Waals surface area contributed by atoms with Crippen LogP contribution in [0, 0.1) is 5.92 Å². The lowest BCUT2D eigenvalue weighted by atomic mass is 10.0. The minimum Gasteiger partial charge on any atom is -0.379 e. The Labute approximate surface area is 120 Å². The monoisotopic (exact) mass is 277 g/mol. The lowest BCUT2D eigenvalue weighted by molar-refractivity contribution is -0.126. The van der Waals surface area contributed by atoms with Gasteiger partial charge in [0, 0.05) is 18.4 Å². The second-order valence-electron chi connectivity index (χ2n) is 5.22. The normalized spacial score (nSPS) is 23.5. The maximum Gasteiger partial charge on any atom is 0.227 e. The summed E-state index contributed by atoms with van der Waals surface area (Å²) in [5, 5.41) is 6.44. The van der Waals surface area contributed by atoms with E-state index in [0.717, 1.165) is 18.5 Å². The van der Waals surface area contributed by atoms with Gasteiger partial charge in [-0.05, 0) is 37.6 Å². The van der Waals surface area contributed by atoms with Crippen molar-refractivity contribution in [3.8, 4) is 0 Å². The van der Waals surface area contributed by atoms with E-state index in [2.05, 4.69) is 22.5 Å². The summed E-state index contributed by atoms with van der Waals surface area (Å²) in [5.74, 6) is -0.0498. The average Bonchev–Trinajstić information content (AvgIpc) is 2.94. The third-order valence-corrected chi connectivity index (χ3v) is 3.64. The molecule has 1 fully saturated rings. The van der Waals surface area contributed by atoms with Crippen molar-refractivity contribution in [2.45, 2.75) is 32.4 Å². The number of carbonyl (C=O) groups excluding carboxylic acids is 1. The van der Waals surface area contributed by atoms with Crippen molar-refractivity contribution in [1.82, 2.24) is 15.6 Å². The number of rotatable bonds is 6. The van der Waals surface area contributed by atoms with Crippen molar-refractivity contribution in [1.29, 1.82) is 0 Å². The number of carbonyl (C=O) groups is 1. The lowest BCUT2D eigenvalue weighted by Crippen LogP contribution is -2.44. The number of hydrogen-bond acceptors (Lipinski definition) is 4. The smallest absolute Gasteiger partial charge is 0.227 e. The lowest BCUT2D eigenvalue weighted by Gasteiger charge is -2.21. The summed E-state index contributed by atoms with van der Waals surface area (Å²) in [6, 6.07) is 3.95. The van der Waals surface area contributed by atoms with Gasteiger partial charge in [0.25, 0.3) is 0 Å². The van der Waals surface area contributed by atoms with Crippen LogP contribution in [0.2, 0.25) is 0 Å². The first-order chi connectivity index (χ1) is 9.72. The molecule has 20 heavy (non-hydrogen) atoms. The van der Waals surface area contributed by atoms with Gasteiger partial charge in [0.05, 0.1) is 25.2 Å². The van der Waals surface area contributed by atoms with Crippen LogP contribution in [0.4, 0.5) is 0 Å². The first-order valence-electron chi connectivity index (χ1n) is 7.23. The van der Waals surface area contributed by atoms with E-state index in [0.29, 0.717) is 13.2 Å². The largest absolute Gasteiger partial charge is 0.379 e. The van der Waals surface area contributed by atoms with Crippen LogP contribution in [0.25, 0.3) is 0 Å². The predicted octanol–water partition coefficient (Wildman–Crippen LogP) is 1.27. The SMILES string of the molecule is CCCNC1COCC1C(=O)NC(C)c1ccncc1. The van der Waals surface area contributed by atoms with E-state index < -0.39 is 0 Å². The summed E-state index contributed by atoms with van der Waals surface area (Å²) in [7, 11) is 0. The molecule has 1 amide bonds. The summed E-state index contributed by atoms with van der Waals surface area (Å²) in [5.41, 5.74) is 1.06. The average molecular weight is 277 g/mol. The molecule has 0 spiro atoms. The van der Waals surface area contributed by atoms with E-state index >= 15 is 0 Å². The van der Waals surface area contributed by atoms with Crippen LogP contribution in [0.1, 0.15) is 31.9 Å². The Morgan fingerprint density at radius 2 is 2.20 bits per heavy atom. The number of hydrogen-bond donors (Lipinski definition) is 2. The third kappa shape index (κ3) is 3.77. The number of pyridine rings is 1. The highest BCUT2D eigenvalue weighted by atomic mass is 16.5. The van der Waals surface area contributed by atoms with Crippen LogP contribution < -0.4 is 10.6 Å². The van der Waals surface area contributed by atoms with E-state index in [1.807, 2.05) is 19.1 Å². The Kier molecular flexibility index (Phi) is 5.49. The van der Waals surface area contributed by atoms with Crippen molar-refractivity contribution < 1.29 is 9.53 Å². The van der Waals surface area contributed by atoms with Gasteiger partial charge in [-0.3, -0.25) is 9.78 Å². The molecule has 1 aromatic heterocycles. The Balaban J connectivity index is 1.90. The standard InChI is InChI=1S/C15H23N3O2/c1-3-6-17-14-10-20-9-13(14)15(19)18-11(2)12-4-7-16-8-5-12/h4-5,7-8,11,13-14,17H,3,6,9-10H2,1-2H3,(H,18,19). The van der Waals surface area contributed by atoms with Crippen LogP contribution in [-0.4, -0.2) is 36.7 Å². The molecule has 1 saturated heterocycles. The Hall–Kier alpha value is -1.46. The minimum atomic E-state index is -0.106. The Morgan fingerprint density at radius 3 is 2.90 bits per heavy atom. The fraction of sp³-hybridized carbons (Fsp3) is 0.600. The van der Waals surface area contributed by atoms with Gasteiger partial charge in [-0.15, -0.1) is 0 Å². The third-order valence-electron chi connectivity index (χ3n) is 3.64. The van der Waals surface area contributed by atoms with E-state index in [9.17, 15) is 4.79 Å². The molecule has 1 aliphatic rings. The molecule has 110 valence electrons. The molecule has 0 aromatic carbocycles. The zero-order chi connectivity index (χ0) is 14.4. The highest BCUT2D eigenvalue weighted by Gasteiger charge is 2.34. The summed E-state index contributed by atoms with van der Waals surface area (Å²) in [4.78, 5) is 16.3. The first kappa shape index (κ1) is 14.9. The van der Waals surface area contributed by atoms with Crippen LogP contribution in [0.5, 0.6) is 0 Å². The molecular formula is C15H23N3O2. The highest BCUT2D eigenvalue weighted by Crippen LogP contribution is 2.17. The van der Waals surface area contributed by atoms with Crippen molar-refractivity contribution in [3.63, 3.8) is 0 Å². The van der Waals surface area contributed by atoms with Crippen LogP contribution >= 0.6 is 0 Å². The second kappa shape index (κ2) is 7.36. The molecule has 5 heteroatoms. The molecule has 3 unspecified atom stereocenters. The number of amides is 1. The molecule has 0 saturated carbocycles. The minimum absolute atomic E-state index is 0.0158. The Morgan fingerprint density at radius 1 is 1.45 bits per heavy atom. The number of ether oxygens (including phenoxy) is 1. The highest BCUT2D eigenvalue weighted by molar-refractivity contribution is 5.80. The maximum absolute atomic E-state index is 12.4. The topological polar surface area (TPSA) is 63.2 Å². The van der Waals surface area contributed by atoms with Gasteiger partial charge >= 0.3 is 0 Å².